The van der Waals surface area contributed by atoms with Crippen LogP contribution in [0.5, 0.6) is 0 Å². The molecule has 1 saturated heterocycles. The number of aromatic nitrogens is 2. The van der Waals surface area contributed by atoms with E-state index in [1.807, 2.05) is 77.4 Å². The Morgan fingerprint density at radius 3 is 2.60 bits per heavy atom. The van der Waals surface area contributed by atoms with Gasteiger partial charge in [-0.3, -0.25) is 14.9 Å². The summed E-state index contributed by atoms with van der Waals surface area (Å²) in [5, 5.41) is 8.14. The lowest BCUT2D eigenvalue weighted by Gasteiger charge is -2.32. The highest BCUT2D eigenvalue weighted by Crippen LogP contribution is 2.32. The van der Waals surface area contributed by atoms with E-state index in [1.54, 1.807) is 0 Å². The smallest absolute Gasteiger partial charge is 0.322 e. The number of benzene rings is 3. The van der Waals surface area contributed by atoms with Crippen LogP contribution in [0.3, 0.4) is 0 Å². The number of nitrogens with one attached hydrogen (secondary N) is 3. The van der Waals surface area contributed by atoms with E-state index in [0.29, 0.717) is 24.9 Å². The SMILES string of the molecule is O=C(Cn1c(-c2ccccc2)nc2ccccc21)Nc1ccc2c(c1)CCC1(C2)NC(=O)NC1=O. The number of nitrogens with zero attached hydrogens (tertiary/aromatic N) is 2. The van der Waals surface area contributed by atoms with Crippen molar-refractivity contribution in [2.75, 3.05) is 5.32 Å². The molecule has 1 aliphatic heterocycles. The monoisotopic (exact) mass is 465 g/mol. The zero-order chi connectivity index (χ0) is 24.0. The van der Waals surface area contributed by atoms with Crippen molar-refractivity contribution in [1.29, 1.82) is 0 Å². The summed E-state index contributed by atoms with van der Waals surface area (Å²) in [6, 6.07) is 22.9. The Morgan fingerprint density at radius 2 is 1.80 bits per heavy atom. The van der Waals surface area contributed by atoms with E-state index in [0.717, 1.165) is 33.5 Å². The Hall–Kier alpha value is -4.46. The number of anilines is 1. The van der Waals surface area contributed by atoms with Crippen LogP contribution in [-0.2, 0) is 29.0 Å². The summed E-state index contributed by atoms with van der Waals surface area (Å²) in [6.45, 7) is 0.122. The Kier molecular flexibility index (Phi) is 4.88. The molecule has 8 nitrogen and oxygen atoms in total. The van der Waals surface area contributed by atoms with Crippen LogP contribution in [0.1, 0.15) is 17.5 Å². The number of aryl methyl sites for hydroxylation is 1. The number of imide groups is 1. The summed E-state index contributed by atoms with van der Waals surface area (Å²) in [5.41, 5.74) is 4.58. The van der Waals surface area contributed by atoms with Gasteiger partial charge in [-0.25, -0.2) is 9.78 Å². The highest BCUT2D eigenvalue weighted by molar-refractivity contribution is 6.07. The molecule has 1 atom stereocenters. The molecule has 1 spiro atoms. The molecule has 35 heavy (non-hydrogen) atoms. The molecule has 1 fully saturated rings. The molecule has 2 aliphatic rings. The van der Waals surface area contributed by atoms with Gasteiger partial charge in [0.15, 0.2) is 0 Å². The molecular formula is C27H23N5O3. The van der Waals surface area contributed by atoms with Crippen LogP contribution >= 0.6 is 0 Å². The first-order valence-corrected chi connectivity index (χ1v) is 11.6. The van der Waals surface area contributed by atoms with Crippen molar-refractivity contribution in [2.45, 2.75) is 31.3 Å². The van der Waals surface area contributed by atoms with Crippen molar-refractivity contribution in [1.82, 2.24) is 20.2 Å². The topological polar surface area (TPSA) is 105 Å². The molecule has 174 valence electrons. The van der Waals surface area contributed by atoms with Crippen LogP contribution in [0.4, 0.5) is 10.5 Å². The number of fused-ring (bicyclic) bond motifs is 2. The average Bonchev–Trinajstić information content (AvgIpc) is 3.36. The van der Waals surface area contributed by atoms with Crippen LogP contribution in [0, 0.1) is 0 Å². The highest BCUT2D eigenvalue weighted by Gasteiger charge is 2.47. The van der Waals surface area contributed by atoms with E-state index in [2.05, 4.69) is 16.0 Å². The third-order valence-electron chi connectivity index (χ3n) is 6.81. The van der Waals surface area contributed by atoms with Crippen molar-refractivity contribution in [3.05, 3.63) is 83.9 Å². The molecule has 6 rings (SSSR count). The predicted octanol–water partition coefficient (Wildman–Crippen LogP) is 3.41. The van der Waals surface area contributed by atoms with Gasteiger partial charge in [0.25, 0.3) is 5.91 Å². The fourth-order valence-corrected chi connectivity index (χ4v) is 5.09. The van der Waals surface area contributed by atoms with Gasteiger partial charge in [-0.15, -0.1) is 0 Å². The van der Waals surface area contributed by atoms with Crippen LogP contribution in [0.15, 0.2) is 72.8 Å². The second-order valence-corrected chi connectivity index (χ2v) is 9.08. The van der Waals surface area contributed by atoms with E-state index in [4.69, 9.17) is 4.98 Å². The number of imidazole rings is 1. The van der Waals surface area contributed by atoms with Crippen LogP contribution in [0.2, 0.25) is 0 Å². The van der Waals surface area contributed by atoms with Crippen molar-refractivity contribution >= 4 is 34.6 Å². The van der Waals surface area contributed by atoms with Crippen LogP contribution in [0.25, 0.3) is 22.4 Å². The molecule has 8 heteroatoms. The second kappa shape index (κ2) is 8.09. The molecule has 0 bridgehead atoms. The molecule has 1 aliphatic carbocycles. The zero-order valence-corrected chi connectivity index (χ0v) is 18.9. The summed E-state index contributed by atoms with van der Waals surface area (Å²) in [4.78, 5) is 41.8. The number of para-hydroxylation sites is 2. The standard InChI is InChI=1S/C27H23N5O3/c33-23(16-32-22-9-5-4-8-21(22)29-24(32)17-6-2-1-3-7-17)28-20-11-10-19-15-27(13-12-18(19)14-20)25(34)30-26(35)31-27/h1-11,14H,12-13,15-16H2,(H,28,33)(H2,30,31,34,35). The van der Waals surface area contributed by atoms with E-state index in [-0.39, 0.29) is 18.4 Å². The minimum atomic E-state index is -0.870. The molecule has 1 aromatic heterocycles. The molecule has 1 unspecified atom stereocenters. The first kappa shape index (κ1) is 21.1. The average molecular weight is 466 g/mol. The van der Waals surface area contributed by atoms with Gasteiger partial charge in [0.2, 0.25) is 5.91 Å². The van der Waals surface area contributed by atoms with E-state index in [9.17, 15) is 14.4 Å². The largest absolute Gasteiger partial charge is 0.325 e. The Morgan fingerprint density at radius 1 is 1.00 bits per heavy atom. The highest BCUT2D eigenvalue weighted by atomic mass is 16.2. The van der Waals surface area contributed by atoms with Crippen LogP contribution in [-0.4, -0.2) is 32.9 Å². The predicted molar refractivity (Wildman–Crippen MR) is 132 cm³/mol. The van der Waals surface area contributed by atoms with Gasteiger partial charge in [-0.05, 0) is 48.2 Å². The molecular weight excluding hydrogens is 442 g/mol. The third kappa shape index (κ3) is 3.73. The number of rotatable bonds is 4. The summed E-state index contributed by atoms with van der Waals surface area (Å²) in [6.07, 6.45) is 1.60. The minimum Gasteiger partial charge on any atom is -0.325 e. The first-order valence-electron chi connectivity index (χ1n) is 11.6. The summed E-state index contributed by atoms with van der Waals surface area (Å²) >= 11 is 0. The van der Waals surface area contributed by atoms with E-state index < -0.39 is 11.6 Å². The van der Waals surface area contributed by atoms with Crippen molar-refractivity contribution in [2.24, 2.45) is 0 Å². The first-order chi connectivity index (χ1) is 17.0. The quantitative estimate of drug-likeness (QED) is 0.402. The number of hydrogen-bond donors (Lipinski definition) is 3. The van der Waals surface area contributed by atoms with Gasteiger partial charge in [0.05, 0.1) is 11.0 Å². The maximum absolute atomic E-state index is 13.1. The molecule has 0 saturated carbocycles. The molecule has 2 heterocycles. The van der Waals surface area contributed by atoms with Gasteiger partial charge in [0.1, 0.15) is 17.9 Å². The summed E-state index contributed by atoms with van der Waals surface area (Å²) in [7, 11) is 0. The van der Waals surface area contributed by atoms with Gasteiger partial charge in [0, 0.05) is 17.7 Å². The molecule has 3 N–H and O–H groups in total. The van der Waals surface area contributed by atoms with Crippen LogP contribution < -0.4 is 16.0 Å². The number of hydrogen-bond acceptors (Lipinski definition) is 4. The van der Waals surface area contributed by atoms with Gasteiger partial charge < -0.3 is 15.2 Å². The fourth-order valence-electron chi connectivity index (χ4n) is 5.09. The van der Waals surface area contributed by atoms with Gasteiger partial charge in [-0.2, -0.15) is 0 Å². The lowest BCUT2D eigenvalue weighted by atomic mass is 9.78. The minimum absolute atomic E-state index is 0.122. The number of urea groups is 1. The molecule has 4 amide bonds. The molecule has 3 aromatic carbocycles. The Labute approximate surface area is 201 Å². The maximum atomic E-state index is 13.1. The maximum Gasteiger partial charge on any atom is 0.322 e. The fraction of sp³-hybridized carbons (Fsp3) is 0.185. The molecule has 4 aromatic rings. The normalized spacial score (nSPS) is 18.9. The van der Waals surface area contributed by atoms with E-state index >= 15 is 0 Å². The Balaban J connectivity index is 1.23. The van der Waals surface area contributed by atoms with Crippen molar-refractivity contribution in [3.8, 4) is 11.4 Å². The zero-order valence-electron chi connectivity index (χ0n) is 18.9. The summed E-state index contributed by atoms with van der Waals surface area (Å²) in [5.74, 6) is 0.321. The molecule has 0 radical (unpaired) electrons. The summed E-state index contributed by atoms with van der Waals surface area (Å²) < 4.78 is 1.93. The van der Waals surface area contributed by atoms with Gasteiger partial charge in [-0.1, -0.05) is 48.5 Å². The Bertz CT molecular complexity index is 1490. The number of amides is 4. The third-order valence-corrected chi connectivity index (χ3v) is 6.81. The second-order valence-electron chi connectivity index (χ2n) is 9.08. The van der Waals surface area contributed by atoms with Gasteiger partial charge >= 0.3 is 6.03 Å². The van der Waals surface area contributed by atoms with E-state index in [1.165, 1.54) is 0 Å². The number of carbonyl (C=O) groups is 3. The number of carbonyl (C=O) groups excluding carboxylic acids is 3. The lowest BCUT2D eigenvalue weighted by molar-refractivity contribution is -0.124. The van der Waals surface area contributed by atoms with Crippen molar-refractivity contribution in [3.63, 3.8) is 0 Å². The lowest BCUT2D eigenvalue weighted by Crippen LogP contribution is -2.51. The van der Waals surface area contributed by atoms with Crippen molar-refractivity contribution < 1.29 is 14.4 Å².